The summed E-state index contributed by atoms with van der Waals surface area (Å²) in [4.78, 5) is 10.1. The van der Waals surface area contributed by atoms with Gasteiger partial charge in [-0.15, -0.1) is 65.4 Å². The summed E-state index contributed by atoms with van der Waals surface area (Å²) in [5.74, 6) is 0. The number of aryl methyl sites for hydroxylation is 2. The zero-order valence-corrected chi connectivity index (χ0v) is 23.5. The number of aromatic nitrogens is 2. The van der Waals surface area contributed by atoms with Gasteiger partial charge >= 0.3 is 0 Å². The van der Waals surface area contributed by atoms with Gasteiger partial charge in [0.1, 0.15) is 5.58 Å². The summed E-state index contributed by atoms with van der Waals surface area (Å²) in [6, 6.07) is 34.7. The third-order valence-corrected chi connectivity index (χ3v) is 7.10. The van der Waals surface area contributed by atoms with Crippen LogP contribution in [0, 0.1) is 26.0 Å². The SMILES string of the molecule is Cc1cc2ccc3oc4c(-c5ccccn5)[c-]ccc4c3c2s1.Cc1ccc(-c2[c-]cccc2)nc1.[Ir]. The van der Waals surface area contributed by atoms with Crippen LogP contribution in [-0.2, 0) is 20.1 Å². The number of benzene rings is 3. The second-order valence-electron chi connectivity index (χ2n) is 8.62. The molecule has 37 heavy (non-hydrogen) atoms. The Labute approximate surface area is 233 Å². The molecule has 0 fully saturated rings. The molecule has 0 aliphatic carbocycles. The zero-order valence-electron chi connectivity index (χ0n) is 20.3. The number of fused-ring (bicyclic) bond motifs is 5. The van der Waals surface area contributed by atoms with Crippen molar-refractivity contribution in [1.82, 2.24) is 9.97 Å². The van der Waals surface area contributed by atoms with E-state index in [1.165, 1.54) is 25.9 Å². The average Bonchev–Trinajstić information content (AvgIpc) is 3.50. The normalized spacial score (nSPS) is 10.8. The van der Waals surface area contributed by atoms with Gasteiger partial charge in [0.15, 0.2) is 0 Å². The van der Waals surface area contributed by atoms with Gasteiger partial charge in [-0.2, -0.15) is 0 Å². The summed E-state index contributed by atoms with van der Waals surface area (Å²) in [5.41, 5.74) is 6.79. The number of rotatable bonds is 2. The molecule has 183 valence electrons. The predicted molar refractivity (Wildman–Crippen MR) is 149 cm³/mol. The number of nitrogens with zero attached hydrogens (tertiary/aromatic N) is 2. The first-order valence-electron chi connectivity index (χ1n) is 11.7. The maximum absolute atomic E-state index is 6.19. The van der Waals surface area contributed by atoms with E-state index in [-0.39, 0.29) is 20.1 Å². The third kappa shape index (κ3) is 4.99. The summed E-state index contributed by atoms with van der Waals surface area (Å²) < 4.78 is 7.48. The first kappa shape index (κ1) is 25.0. The molecule has 0 atom stereocenters. The van der Waals surface area contributed by atoms with Crippen molar-refractivity contribution in [2.45, 2.75) is 13.8 Å². The Morgan fingerprint density at radius 3 is 2.46 bits per heavy atom. The van der Waals surface area contributed by atoms with Gasteiger partial charge in [-0.25, -0.2) is 0 Å². The first-order chi connectivity index (χ1) is 17.7. The van der Waals surface area contributed by atoms with Crippen LogP contribution in [0.25, 0.3) is 54.5 Å². The predicted octanol–water partition coefficient (Wildman–Crippen LogP) is 8.83. The van der Waals surface area contributed by atoms with Gasteiger partial charge in [0.05, 0.1) is 5.58 Å². The molecule has 0 amide bonds. The Hall–Kier alpha value is -3.63. The second kappa shape index (κ2) is 10.8. The zero-order chi connectivity index (χ0) is 24.5. The number of furan rings is 1. The Morgan fingerprint density at radius 1 is 0.811 bits per heavy atom. The molecular weight excluding hydrogens is 653 g/mol. The van der Waals surface area contributed by atoms with E-state index in [1.807, 2.05) is 79.1 Å². The van der Waals surface area contributed by atoms with Crippen LogP contribution in [0.4, 0.5) is 0 Å². The standard InChI is InChI=1S/C20H12NOS.C12H10N.Ir/c1-12-11-13-8-9-17-18(20(13)23-12)15-6-4-5-14(19(15)22-17)16-7-2-3-10-21-16;1-10-7-8-12(13-9-10)11-5-3-2-4-6-11;/h2-4,6-11H,1H3;2-5,7-9H,1H3;/q2*-1;. The fourth-order valence-corrected chi connectivity index (χ4v) is 5.40. The summed E-state index contributed by atoms with van der Waals surface area (Å²) in [7, 11) is 0. The summed E-state index contributed by atoms with van der Waals surface area (Å²) in [5, 5.41) is 3.60. The van der Waals surface area contributed by atoms with Crippen LogP contribution in [-0.4, -0.2) is 9.97 Å². The van der Waals surface area contributed by atoms with Crippen LogP contribution >= 0.6 is 11.3 Å². The Balaban J connectivity index is 0.000000172. The van der Waals surface area contributed by atoms with Crippen LogP contribution in [0.1, 0.15) is 10.4 Å². The van der Waals surface area contributed by atoms with Crippen LogP contribution < -0.4 is 0 Å². The summed E-state index contributed by atoms with van der Waals surface area (Å²) in [6.45, 7) is 4.18. The Morgan fingerprint density at radius 2 is 1.70 bits per heavy atom. The minimum absolute atomic E-state index is 0. The van der Waals surface area contributed by atoms with E-state index in [0.717, 1.165) is 39.1 Å². The van der Waals surface area contributed by atoms with E-state index in [9.17, 15) is 0 Å². The molecule has 1 radical (unpaired) electrons. The smallest absolute Gasteiger partial charge is 0.122 e. The first-order valence-corrected chi connectivity index (χ1v) is 12.6. The minimum Gasteiger partial charge on any atom is -0.501 e. The van der Waals surface area contributed by atoms with E-state index in [2.05, 4.69) is 59.4 Å². The third-order valence-electron chi connectivity index (χ3n) is 6.02. The molecule has 0 spiro atoms. The molecule has 7 rings (SSSR count). The molecule has 0 saturated carbocycles. The van der Waals surface area contributed by atoms with Crippen molar-refractivity contribution in [3.05, 3.63) is 120 Å². The van der Waals surface area contributed by atoms with Crippen LogP contribution in [0.15, 0.2) is 102 Å². The molecule has 3 nitrogen and oxygen atoms in total. The van der Waals surface area contributed by atoms with E-state index in [1.54, 1.807) is 6.20 Å². The molecule has 7 aromatic rings. The molecule has 5 heteroatoms. The molecular formula is C32H22IrN2OS-2. The van der Waals surface area contributed by atoms with Gasteiger partial charge in [0.2, 0.25) is 0 Å². The van der Waals surface area contributed by atoms with Crippen molar-refractivity contribution in [2.75, 3.05) is 0 Å². The fraction of sp³-hybridized carbons (Fsp3) is 0.0625. The fourth-order valence-electron chi connectivity index (χ4n) is 4.33. The molecule has 0 aliphatic heterocycles. The van der Waals surface area contributed by atoms with Gasteiger partial charge in [0.25, 0.3) is 0 Å². The van der Waals surface area contributed by atoms with Crippen molar-refractivity contribution >= 4 is 43.4 Å². The number of thiophene rings is 1. The van der Waals surface area contributed by atoms with Crippen molar-refractivity contribution in [1.29, 1.82) is 0 Å². The van der Waals surface area contributed by atoms with Crippen LogP contribution in [0.3, 0.4) is 0 Å². The number of hydrogen-bond donors (Lipinski definition) is 0. The molecule has 3 aromatic carbocycles. The minimum atomic E-state index is 0. The Bertz CT molecular complexity index is 1790. The number of pyridine rings is 2. The number of hydrogen-bond acceptors (Lipinski definition) is 4. The quantitative estimate of drug-likeness (QED) is 0.172. The van der Waals surface area contributed by atoms with Gasteiger partial charge in [-0.3, -0.25) is 0 Å². The maximum Gasteiger partial charge on any atom is 0.122 e. The van der Waals surface area contributed by atoms with E-state index in [0.29, 0.717) is 0 Å². The molecule has 4 aromatic heterocycles. The maximum atomic E-state index is 6.19. The van der Waals surface area contributed by atoms with E-state index in [4.69, 9.17) is 4.42 Å². The van der Waals surface area contributed by atoms with Crippen LogP contribution in [0.5, 0.6) is 0 Å². The summed E-state index contributed by atoms with van der Waals surface area (Å²) in [6.07, 6.45) is 3.67. The van der Waals surface area contributed by atoms with Gasteiger partial charge in [-0.1, -0.05) is 35.2 Å². The van der Waals surface area contributed by atoms with Crippen molar-refractivity contribution in [3.63, 3.8) is 0 Å². The largest absolute Gasteiger partial charge is 0.501 e. The molecule has 0 N–H and O–H groups in total. The van der Waals surface area contributed by atoms with E-state index >= 15 is 0 Å². The molecule has 0 unspecified atom stereocenters. The molecule has 0 bridgehead atoms. The average molecular weight is 675 g/mol. The molecule has 0 aliphatic rings. The molecule has 0 saturated heterocycles. The molecule has 4 heterocycles. The van der Waals surface area contributed by atoms with Crippen molar-refractivity contribution < 1.29 is 24.5 Å². The summed E-state index contributed by atoms with van der Waals surface area (Å²) >= 11 is 1.82. The monoisotopic (exact) mass is 675 g/mol. The van der Waals surface area contributed by atoms with Crippen LogP contribution in [0.2, 0.25) is 0 Å². The Kier molecular flexibility index (Phi) is 7.29. The van der Waals surface area contributed by atoms with E-state index < -0.39 is 0 Å². The van der Waals surface area contributed by atoms with Crippen molar-refractivity contribution in [3.8, 4) is 22.5 Å². The second-order valence-corrected chi connectivity index (χ2v) is 9.88. The van der Waals surface area contributed by atoms with Crippen molar-refractivity contribution in [2.24, 2.45) is 0 Å². The van der Waals surface area contributed by atoms with Gasteiger partial charge < -0.3 is 14.4 Å². The van der Waals surface area contributed by atoms with Gasteiger partial charge in [-0.05, 0) is 60.5 Å². The van der Waals surface area contributed by atoms with Gasteiger partial charge in [0, 0.05) is 47.5 Å². The topological polar surface area (TPSA) is 38.9 Å².